The Labute approximate surface area is 158 Å². The first-order chi connectivity index (χ1) is 13.2. The summed E-state index contributed by atoms with van der Waals surface area (Å²) in [5.41, 5.74) is 3.04. The molecule has 0 saturated heterocycles. The highest BCUT2D eigenvalue weighted by atomic mass is 16.2. The fourth-order valence-corrected chi connectivity index (χ4v) is 3.33. The van der Waals surface area contributed by atoms with E-state index in [2.05, 4.69) is 22.1 Å². The fraction of sp³-hybridized carbons (Fsp3) is 0.182. The first-order valence-corrected chi connectivity index (χ1v) is 9.08. The number of carbonyl (C=O) groups excluding carboxylic acids is 1. The van der Waals surface area contributed by atoms with Crippen LogP contribution in [0.25, 0.3) is 10.9 Å². The van der Waals surface area contributed by atoms with Crippen LogP contribution in [0, 0.1) is 0 Å². The molecule has 0 unspecified atom stereocenters. The third-order valence-corrected chi connectivity index (χ3v) is 4.89. The van der Waals surface area contributed by atoms with Crippen LogP contribution in [0.1, 0.15) is 21.7 Å². The number of nitrogens with one attached hydrogen (secondary N) is 1. The molecule has 0 fully saturated rings. The van der Waals surface area contributed by atoms with E-state index in [1.54, 1.807) is 6.20 Å². The SMILES string of the molecule is Cn1ccnc1CN(CCc1c[nH]c2ccccc12)C(=O)c1ccccc1. The highest BCUT2D eigenvalue weighted by Gasteiger charge is 2.18. The quantitative estimate of drug-likeness (QED) is 0.570. The number of nitrogens with zero attached hydrogens (tertiary/aromatic N) is 3. The number of hydrogen-bond donors (Lipinski definition) is 1. The zero-order valence-electron chi connectivity index (χ0n) is 15.3. The Morgan fingerprint density at radius 1 is 1.11 bits per heavy atom. The normalized spacial score (nSPS) is 11.0. The van der Waals surface area contributed by atoms with E-state index >= 15 is 0 Å². The Hall–Kier alpha value is -3.34. The van der Waals surface area contributed by atoms with Crippen LogP contribution in [0.5, 0.6) is 0 Å². The van der Waals surface area contributed by atoms with Crippen molar-refractivity contribution in [3.8, 4) is 0 Å². The average molecular weight is 358 g/mol. The number of aryl methyl sites for hydroxylation is 1. The summed E-state index contributed by atoms with van der Waals surface area (Å²) in [7, 11) is 1.95. The van der Waals surface area contributed by atoms with Crippen LogP contribution in [0.15, 0.2) is 73.2 Å². The van der Waals surface area contributed by atoms with Crippen molar-refractivity contribution in [2.45, 2.75) is 13.0 Å². The second kappa shape index (κ2) is 7.50. The number of aromatic nitrogens is 3. The summed E-state index contributed by atoms with van der Waals surface area (Å²) in [5.74, 6) is 0.900. The molecule has 136 valence electrons. The first-order valence-electron chi connectivity index (χ1n) is 9.08. The van der Waals surface area contributed by atoms with Gasteiger partial charge in [-0.25, -0.2) is 4.98 Å². The molecule has 4 aromatic rings. The molecule has 0 atom stereocenters. The van der Waals surface area contributed by atoms with Crippen molar-refractivity contribution in [2.75, 3.05) is 6.54 Å². The fourth-order valence-electron chi connectivity index (χ4n) is 3.33. The summed E-state index contributed by atoms with van der Waals surface area (Å²) in [4.78, 5) is 22.7. The van der Waals surface area contributed by atoms with Gasteiger partial charge in [0.05, 0.1) is 6.54 Å². The van der Waals surface area contributed by atoms with Gasteiger partial charge in [0.15, 0.2) is 0 Å². The average Bonchev–Trinajstić information content (AvgIpc) is 3.31. The van der Waals surface area contributed by atoms with E-state index in [1.165, 1.54) is 10.9 Å². The number of para-hydroxylation sites is 1. The van der Waals surface area contributed by atoms with Crippen molar-refractivity contribution in [3.63, 3.8) is 0 Å². The van der Waals surface area contributed by atoms with Crippen LogP contribution in [-0.2, 0) is 20.0 Å². The molecule has 5 heteroatoms. The van der Waals surface area contributed by atoms with E-state index in [0.717, 1.165) is 17.8 Å². The van der Waals surface area contributed by atoms with Crippen LogP contribution < -0.4 is 0 Å². The van der Waals surface area contributed by atoms with Crippen molar-refractivity contribution < 1.29 is 4.79 Å². The maximum absolute atomic E-state index is 13.1. The number of rotatable bonds is 6. The largest absolute Gasteiger partial charge is 0.361 e. The smallest absolute Gasteiger partial charge is 0.254 e. The van der Waals surface area contributed by atoms with Gasteiger partial charge in [-0.3, -0.25) is 4.79 Å². The molecule has 5 nitrogen and oxygen atoms in total. The van der Waals surface area contributed by atoms with Crippen molar-refractivity contribution in [1.29, 1.82) is 0 Å². The van der Waals surface area contributed by atoms with Gasteiger partial charge in [0.1, 0.15) is 5.82 Å². The Morgan fingerprint density at radius 3 is 2.67 bits per heavy atom. The number of benzene rings is 2. The van der Waals surface area contributed by atoms with E-state index in [0.29, 0.717) is 18.7 Å². The van der Waals surface area contributed by atoms with Crippen LogP contribution in [-0.4, -0.2) is 31.9 Å². The number of aromatic amines is 1. The molecule has 0 aliphatic carbocycles. The Bertz CT molecular complexity index is 1050. The van der Waals surface area contributed by atoms with Gasteiger partial charge in [-0.1, -0.05) is 36.4 Å². The lowest BCUT2D eigenvalue weighted by atomic mass is 10.1. The molecule has 0 saturated carbocycles. The zero-order chi connectivity index (χ0) is 18.6. The molecule has 1 N–H and O–H groups in total. The minimum atomic E-state index is 0.0263. The number of imidazole rings is 1. The summed E-state index contributed by atoms with van der Waals surface area (Å²) in [6.07, 6.45) is 6.49. The topological polar surface area (TPSA) is 53.9 Å². The van der Waals surface area contributed by atoms with Gasteiger partial charge in [0.25, 0.3) is 5.91 Å². The Morgan fingerprint density at radius 2 is 1.89 bits per heavy atom. The van der Waals surface area contributed by atoms with Crippen molar-refractivity contribution >= 4 is 16.8 Å². The summed E-state index contributed by atoms with van der Waals surface area (Å²) >= 11 is 0. The minimum absolute atomic E-state index is 0.0263. The maximum atomic E-state index is 13.1. The second-order valence-corrected chi connectivity index (χ2v) is 6.66. The summed E-state index contributed by atoms with van der Waals surface area (Å²) in [6, 6.07) is 17.7. The molecular weight excluding hydrogens is 336 g/mol. The van der Waals surface area contributed by atoms with Gasteiger partial charge in [0.2, 0.25) is 0 Å². The first kappa shape index (κ1) is 17.1. The standard InChI is InChI=1S/C22H22N4O/c1-25-14-12-23-21(25)16-26(22(27)17-7-3-2-4-8-17)13-11-18-15-24-20-10-6-5-9-19(18)20/h2-10,12,14-15,24H,11,13,16H2,1H3. The molecule has 1 amide bonds. The van der Waals surface area contributed by atoms with Crippen LogP contribution in [0.3, 0.4) is 0 Å². The second-order valence-electron chi connectivity index (χ2n) is 6.66. The van der Waals surface area contributed by atoms with Crippen LogP contribution in [0.4, 0.5) is 0 Å². The molecule has 2 aromatic heterocycles. The van der Waals surface area contributed by atoms with E-state index in [-0.39, 0.29) is 5.91 Å². The van der Waals surface area contributed by atoms with Gasteiger partial charge in [-0.2, -0.15) is 0 Å². The number of hydrogen-bond acceptors (Lipinski definition) is 2. The summed E-state index contributed by atoms with van der Waals surface area (Å²) in [5, 5.41) is 1.21. The van der Waals surface area contributed by atoms with Crippen molar-refractivity contribution in [2.24, 2.45) is 7.05 Å². The van der Waals surface area contributed by atoms with Crippen molar-refractivity contribution in [1.82, 2.24) is 19.4 Å². The third-order valence-electron chi connectivity index (χ3n) is 4.89. The Kier molecular flexibility index (Phi) is 4.75. The number of H-pyrrole nitrogens is 1. The van der Waals surface area contributed by atoms with Gasteiger partial charge in [0, 0.05) is 48.6 Å². The minimum Gasteiger partial charge on any atom is -0.361 e. The summed E-state index contributed by atoms with van der Waals surface area (Å²) < 4.78 is 1.96. The summed E-state index contributed by atoms with van der Waals surface area (Å²) in [6.45, 7) is 1.11. The highest BCUT2D eigenvalue weighted by Crippen LogP contribution is 2.19. The van der Waals surface area contributed by atoms with E-state index in [4.69, 9.17) is 0 Å². The lowest BCUT2D eigenvalue weighted by molar-refractivity contribution is 0.0739. The monoisotopic (exact) mass is 358 g/mol. The molecule has 2 aromatic carbocycles. The van der Waals surface area contributed by atoms with Gasteiger partial charge >= 0.3 is 0 Å². The van der Waals surface area contributed by atoms with E-state index in [9.17, 15) is 4.79 Å². The molecule has 0 radical (unpaired) electrons. The van der Waals surface area contributed by atoms with Gasteiger partial charge in [-0.05, 0) is 30.2 Å². The highest BCUT2D eigenvalue weighted by molar-refractivity contribution is 5.94. The molecule has 4 rings (SSSR count). The predicted molar refractivity (Wildman–Crippen MR) is 106 cm³/mol. The molecule has 0 aliphatic heterocycles. The Balaban J connectivity index is 1.57. The molecule has 27 heavy (non-hydrogen) atoms. The molecule has 0 bridgehead atoms. The molecular formula is C22H22N4O. The molecule has 2 heterocycles. The number of fused-ring (bicyclic) bond motifs is 1. The van der Waals surface area contributed by atoms with Crippen LogP contribution in [0.2, 0.25) is 0 Å². The number of carbonyl (C=O) groups is 1. The van der Waals surface area contributed by atoms with E-state index in [1.807, 2.05) is 71.4 Å². The maximum Gasteiger partial charge on any atom is 0.254 e. The molecule has 0 spiro atoms. The lowest BCUT2D eigenvalue weighted by Crippen LogP contribution is -2.33. The zero-order valence-corrected chi connectivity index (χ0v) is 15.3. The van der Waals surface area contributed by atoms with Crippen LogP contribution >= 0.6 is 0 Å². The predicted octanol–water partition coefficient (Wildman–Crippen LogP) is 3.79. The lowest BCUT2D eigenvalue weighted by Gasteiger charge is -2.22. The van der Waals surface area contributed by atoms with Crippen molar-refractivity contribution in [3.05, 3.63) is 90.1 Å². The van der Waals surface area contributed by atoms with Gasteiger partial charge in [-0.15, -0.1) is 0 Å². The van der Waals surface area contributed by atoms with Gasteiger partial charge < -0.3 is 14.5 Å². The molecule has 0 aliphatic rings. The van der Waals surface area contributed by atoms with E-state index < -0.39 is 0 Å². The number of amides is 1. The third kappa shape index (κ3) is 3.62.